The van der Waals surface area contributed by atoms with Gasteiger partial charge in [-0.2, -0.15) is 0 Å². The van der Waals surface area contributed by atoms with Crippen molar-refractivity contribution in [1.82, 2.24) is 10.3 Å². The Hall–Kier alpha value is -2.33. The van der Waals surface area contributed by atoms with E-state index in [0.29, 0.717) is 0 Å². The van der Waals surface area contributed by atoms with Crippen LogP contribution in [0.4, 0.5) is 4.39 Å². The maximum Gasteiger partial charge on any atom is 0.123 e. The third-order valence-electron chi connectivity index (χ3n) is 4.36. The fourth-order valence-electron chi connectivity index (χ4n) is 3.28. The maximum atomic E-state index is 13.2. The van der Waals surface area contributed by atoms with Gasteiger partial charge in [-0.15, -0.1) is 0 Å². The first-order valence-electron chi connectivity index (χ1n) is 7.43. The molecule has 1 aromatic heterocycles. The number of fused-ring (bicyclic) bond motifs is 3. The number of nitrogens with one attached hydrogen (secondary N) is 2. The van der Waals surface area contributed by atoms with E-state index in [1.54, 1.807) is 7.11 Å². The monoisotopic (exact) mass is 296 g/mol. The van der Waals surface area contributed by atoms with E-state index >= 15 is 0 Å². The van der Waals surface area contributed by atoms with Crippen molar-refractivity contribution in [2.24, 2.45) is 0 Å². The highest BCUT2D eigenvalue weighted by Gasteiger charge is 2.25. The van der Waals surface area contributed by atoms with Crippen molar-refractivity contribution in [2.45, 2.75) is 12.5 Å². The summed E-state index contributed by atoms with van der Waals surface area (Å²) < 4.78 is 18.5. The van der Waals surface area contributed by atoms with Gasteiger partial charge in [0.25, 0.3) is 0 Å². The van der Waals surface area contributed by atoms with Crippen molar-refractivity contribution in [2.75, 3.05) is 13.7 Å². The van der Waals surface area contributed by atoms with Crippen LogP contribution in [0, 0.1) is 5.82 Å². The van der Waals surface area contributed by atoms with Gasteiger partial charge in [-0.05, 0) is 41.8 Å². The molecule has 1 aliphatic rings. The molecule has 4 rings (SSSR count). The summed E-state index contributed by atoms with van der Waals surface area (Å²) in [6.07, 6.45) is 0.985. The van der Waals surface area contributed by atoms with Gasteiger partial charge in [-0.25, -0.2) is 4.39 Å². The Morgan fingerprint density at radius 2 is 1.95 bits per heavy atom. The zero-order valence-electron chi connectivity index (χ0n) is 12.3. The van der Waals surface area contributed by atoms with E-state index in [9.17, 15) is 4.39 Å². The average molecular weight is 296 g/mol. The fraction of sp³-hybridized carbons (Fsp3) is 0.222. The van der Waals surface area contributed by atoms with Crippen molar-refractivity contribution in [3.63, 3.8) is 0 Å². The van der Waals surface area contributed by atoms with Gasteiger partial charge in [0.15, 0.2) is 0 Å². The Labute approximate surface area is 128 Å². The Kier molecular flexibility index (Phi) is 3.12. The minimum absolute atomic E-state index is 0.0720. The smallest absolute Gasteiger partial charge is 0.123 e. The number of H-pyrrole nitrogens is 1. The second-order valence-electron chi connectivity index (χ2n) is 5.62. The number of aromatic nitrogens is 1. The molecule has 0 saturated heterocycles. The molecule has 2 aromatic carbocycles. The molecule has 3 nitrogen and oxygen atoms in total. The summed E-state index contributed by atoms with van der Waals surface area (Å²) in [5.74, 6) is 0.638. The van der Waals surface area contributed by atoms with Crippen LogP contribution >= 0.6 is 0 Å². The van der Waals surface area contributed by atoms with Crippen molar-refractivity contribution in [3.05, 3.63) is 65.1 Å². The summed E-state index contributed by atoms with van der Waals surface area (Å²) in [7, 11) is 1.67. The summed E-state index contributed by atoms with van der Waals surface area (Å²) in [4.78, 5) is 3.52. The second-order valence-corrected chi connectivity index (χ2v) is 5.62. The third-order valence-corrected chi connectivity index (χ3v) is 4.36. The van der Waals surface area contributed by atoms with Crippen LogP contribution in [0.1, 0.15) is 22.9 Å². The lowest BCUT2D eigenvalue weighted by Crippen LogP contribution is -2.30. The lowest BCUT2D eigenvalue weighted by molar-refractivity contribution is 0.415. The summed E-state index contributed by atoms with van der Waals surface area (Å²) >= 11 is 0. The molecule has 2 N–H and O–H groups in total. The summed E-state index contributed by atoms with van der Waals surface area (Å²) in [6.45, 7) is 0.911. The summed E-state index contributed by atoms with van der Waals surface area (Å²) in [6, 6.07) is 12.9. The molecule has 0 amide bonds. The van der Waals surface area contributed by atoms with Gasteiger partial charge in [0.2, 0.25) is 0 Å². The second kappa shape index (κ2) is 5.14. The molecular weight excluding hydrogens is 279 g/mol. The van der Waals surface area contributed by atoms with Crippen LogP contribution in [-0.4, -0.2) is 18.6 Å². The Morgan fingerprint density at radius 1 is 1.14 bits per heavy atom. The summed E-state index contributed by atoms with van der Waals surface area (Å²) in [5, 5.41) is 4.76. The Balaban J connectivity index is 1.85. The van der Waals surface area contributed by atoms with E-state index in [1.165, 1.54) is 28.8 Å². The average Bonchev–Trinajstić information content (AvgIpc) is 2.93. The van der Waals surface area contributed by atoms with Gasteiger partial charge in [0, 0.05) is 29.2 Å². The number of halogens is 1. The predicted molar refractivity (Wildman–Crippen MR) is 84.8 cm³/mol. The number of aromatic amines is 1. The molecule has 0 unspecified atom stereocenters. The molecule has 22 heavy (non-hydrogen) atoms. The number of benzene rings is 2. The SMILES string of the molecule is COc1ccc2c3c([nH]c2c1)[C@@H](c1ccc(F)cc1)NCC3. The first-order valence-corrected chi connectivity index (χ1v) is 7.43. The largest absolute Gasteiger partial charge is 0.497 e. The lowest BCUT2D eigenvalue weighted by atomic mass is 9.94. The highest BCUT2D eigenvalue weighted by Crippen LogP contribution is 2.34. The van der Waals surface area contributed by atoms with E-state index in [-0.39, 0.29) is 11.9 Å². The van der Waals surface area contributed by atoms with Crippen molar-refractivity contribution in [3.8, 4) is 5.75 Å². The molecule has 0 radical (unpaired) electrons. The number of hydrogen-bond acceptors (Lipinski definition) is 2. The number of hydrogen-bond donors (Lipinski definition) is 2. The lowest BCUT2D eigenvalue weighted by Gasteiger charge is -2.24. The minimum atomic E-state index is -0.207. The highest BCUT2D eigenvalue weighted by molar-refractivity contribution is 5.86. The topological polar surface area (TPSA) is 37.0 Å². The van der Waals surface area contributed by atoms with Crippen LogP contribution < -0.4 is 10.1 Å². The van der Waals surface area contributed by atoms with E-state index in [1.807, 2.05) is 24.3 Å². The summed E-state index contributed by atoms with van der Waals surface area (Å²) in [5.41, 5.74) is 4.66. The predicted octanol–water partition coefficient (Wildman–Crippen LogP) is 3.55. The molecule has 0 saturated carbocycles. The molecule has 0 spiro atoms. The van der Waals surface area contributed by atoms with Crippen LogP contribution in [-0.2, 0) is 6.42 Å². The zero-order chi connectivity index (χ0) is 15.1. The van der Waals surface area contributed by atoms with Crippen molar-refractivity contribution < 1.29 is 9.13 Å². The van der Waals surface area contributed by atoms with Gasteiger partial charge < -0.3 is 15.0 Å². The first kappa shape index (κ1) is 13.3. The molecule has 0 fully saturated rings. The number of rotatable bonds is 2. The van der Waals surface area contributed by atoms with Gasteiger partial charge in [0.1, 0.15) is 11.6 Å². The van der Waals surface area contributed by atoms with Crippen LogP contribution in [0.25, 0.3) is 10.9 Å². The molecule has 2 heterocycles. The molecule has 4 heteroatoms. The van der Waals surface area contributed by atoms with Crippen LogP contribution in [0.15, 0.2) is 42.5 Å². The zero-order valence-corrected chi connectivity index (χ0v) is 12.3. The third kappa shape index (κ3) is 2.07. The van der Waals surface area contributed by atoms with Crippen LogP contribution in [0.3, 0.4) is 0 Å². The molecule has 112 valence electrons. The molecule has 1 atom stereocenters. The van der Waals surface area contributed by atoms with E-state index < -0.39 is 0 Å². The number of ether oxygens (including phenoxy) is 1. The fourth-order valence-corrected chi connectivity index (χ4v) is 3.28. The Morgan fingerprint density at radius 3 is 2.73 bits per heavy atom. The molecule has 3 aromatic rings. The quantitative estimate of drug-likeness (QED) is 0.759. The van der Waals surface area contributed by atoms with Gasteiger partial charge in [0.05, 0.1) is 13.2 Å². The van der Waals surface area contributed by atoms with Crippen molar-refractivity contribution in [1.29, 1.82) is 0 Å². The van der Waals surface area contributed by atoms with E-state index in [2.05, 4.69) is 16.4 Å². The van der Waals surface area contributed by atoms with E-state index in [4.69, 9.17) is 4.74 Å². The first-order chi connectivity index (χ1) is 10.8. The number of methoxy groups -OCH3 is 1. The van der Waals surface area contributed by atoms with Gasteiger partial charge >= 0.3 is 0 Å². The molecular formula is C18H17FN2O. The minimum Gasteiger partial charge on any atom is -0.497 e. The van der Waals surface area contributed by atoms with Crippen LogP contribution in [0.2, 0.25) is 0 Å². The normalized spacial score (nSPS) is 17.5. The Bertz CT molecular complexity index is 823. The van der Waals surface area contributed by atoms with Gasteiger partial charge in [-0.3, -0.25) is 0 Å². The molecule has 0 bridgehead atoms. The molecule has 1 aliphatic heterocycles. The van der Waals surface area contributed by atoms with Gasteiger partial charge in [-0.1, -0.05) is 12.1 Å². The highest BCUT2D eigenvalue weighted by atomic mass is 19.1. The maximum absolute atomic E-state index is 13.2. The van der Waals surface area contributed by atoms with Crippen molar-refractivity contribution >= 4 is 10.9 Å². The van der Waals surface area contributed by atoms with E-state index in [0.717, 1.165) is 29.8 Å². The standard InChI is InChI=1S/C18H17FN2O/c1-22-13-6-7-14-15-8-9-20-17(18(15)21-16(14)10-13)11-2-4-12(19)5-3-11/h2-7,10,17,20-21H,8-9H2,1H3/t17-/m1/s1. The van der Waals surface area contributed by atoms with Crippen LogP contribution in [0.5, 0.6) is 5.75 Å². The molecule has 0 aliphatic carbocycles.